The van der Waals surface area contributed by atoms with Crippen molar-refractivity contribution in [1.82, 2.24) is 9.55 Å². The Balaban J connectivity index is 2.37. The molecule has 0 saturated carbocycles. The summed E-state index contributed by atoms with van der Waals surface area (Å²) in [7, 11) is 0. The van der Waals surface area contributed by atoms with Crippen LogP contribution in [-0.2, 0) is 13.0 Å². The highest BCUT2D eigenvalue weighted by Crippen LogP contribution is 2.11. The molecule has 80 valence electrons. The zero-order valence-corrected chi connectivity index (χ0v) is 9.80. The van der Waals surface area contributed by atoms with Crippen LogP contribution in [0.3, 0.4) is 0 Å². The Labute approximate surface area is 91.3 Å². The van der Waals surface area contributed by atoms with E-state index in [-0.39, 0.29) is 0 Å². The van der Waals surface area contributed by atoms with E-state index in [0.29, 0.717) is 5.92 Å². The maximum Gasteiger partial charge on any atom is 0.108 e. The largest absolute Gasteiger partial charge is 0.335 e. The Morgan fingerprint density at radius 2 is 2.29 bits per heavy atom. The van der Waals surface area contributed by atoms with Gasteiger partial charge in [0.05, 0.1) is 0 Å². The van der Waals surface area contributed by atoms with Crippen LogP contribution in [0.15, 0.2) is 12.4 Å². The van der Waals surface area contributed by atoms with Crippen LogP contribution in [0.4, 0.5) is 0 Å². The standard InChI is InChI=1S/C11H19ClN2/c1-3-11-13-7-9-14(11)8-5-10(2)4-6-12/h7,9-10H,3-6,8H2,1-2H3. The second-order valence-corrected chi connectivity index (χ2v) is 4.14. The molecule has 1 rings (SSSR count). The number of imidazole rings is 1. The van der Waals surface area contributed by atoms with Gasteiger partial charge in [0.2, 0.25) is 0 Å². The molecule has 0 aromatic carbocycles. The summed E-state index contributed by atoms with van der Waals surface area (Å²) in [5, 5.41) is 0. The van der Waals surface area contributed by atoms with Crippen LogP contribution in [0.25, 0.3) is 0 Å². The molecular formula is C11H19ClN2. The smallest absolute Gasteiger partial charge is 0.108 e. The highest BCUT2D eigenvalue weighted by atomic mass is 35.5. The van der Waals surface area contributed by atoms with Crippen LogP contribution < -0.4 is 0 Å². The van der Waals surface area contributed by atoms with E-state index >= 15 is 0 Å². The second kappa shape index (κ2) is 6.07. The molecule has 0 aliphatic carbocycles. The zero-order valence-electron chi connectivity index (χ0n) is 9.04. The molecule has 0 saturated heterocycles. The normalized spacial score (nSPS) is 13.1. The van der Waals surface area contributed by atoms with Crippen LogP contribution in [0.2, 0.25) is 0 Å². The average Bonchev–Trinajstić information content (AvgIpc) is 2.62. The van der Waals surface area contributed by atoms with Gasteiger partial charge in [-0.2, -0.15) is 0 Å². The molecule has 0 amide bonds. The van der Waals surface area contributed by atoms with E-state index < -0.39 is 0 Å². The average molecular weight is 215 g/mol. The lowest BCUT2D eigenvalue weighted by Crippen LogP contribution is -2.06. The highest BCUT2D eigenvalue weighted by Gasteiger charge is 2.04. The van der Waals surface area contributed by atoms with Gasteiger partial charge in [0, 0.05) is 31.2 Å². The quantitative estimate of drug-likeness (QED) is 0.666. The van der Waals surface area contributed by atoms with Crippen molar-refractivity contribution in [1.29, 1.82) is 0 Å². The van der Waals surface area contributed by atoms with Crippen molar-refractivity contribution in [3.8, 4) is 0 Å². The monoisotopic (exact) mass is 214 g/mol. The molecule has 3 heteroatoms. The summed E-state index contributed by atoms with van der Waals surface area (Å²) >= 11 is 5.70. The molecule has 0 bridgehead atoms. The van der Waals surface area contributed by atoms with Gasteiger partial charge in [-0.25, -0.2) is 4.98 Å². The maximum absolute atomic E-state index is 5.70. The van der Waals surface area contributed by atoms with Gasteiger partial charge in [-0.05, 0) is 18.8 Å². The summed E-state index contributed by atoms with van der Waals surface area (Å²) in [4.78, 5) is 4.30. The van der Waals surface area contributed by atoms with E-state index in [1.807, 2.05) is 6.20 Å². The van der Waals surface area contributed by atoms with Gasteiger partial charge in [0.1, 0.15) is 5.82 Å². The summed E-state index contributed by atoms with van der Waals surface area (Å²) in [6, 6.07) is 0. The number of aryl methyl sites for hydroxylation is 2. The topological polar surface area (TPSA) is 17.8 Å². The summed E-state index contributed by atoms with van der Waals surface area (Å²) in [6.45, 7) is 5.47. The Kier molecular flexibility index (Phi) is 5.02. The molecule has 2 nitrogen and oxygen atoms in total. The first-order valence-corrected chi connectivity index (χ1v) is 5.87. The lowest BCUT2D eigenvalue weighted by Gasteiger charge is -2.11. The lowest BCUT2D eigenvalue weighted by molar-refractivity contribution is 0.464. The summed E-state index contributed by atoms with van der Waals surface area (Å²) in [6.07, 6.45) is 7.25. The summed E-state index contributed by atoms with van der Waals surface area (Å²) in [5.41, 5.74) is 0. The predicted molar refractivity (Wildman–Crippen MR) is 60.7 cm³/mol. The first-order valence-electron chi connectivity index (χ1n) is 5.33. The van der Waals surface area contributed by atoms with Crippen LogP contribution in [0.1, 0.15) is 32.5 Å². The van der Waals surface area contributed by atoms with Crippen molar-refractivity contribution < 1.29 is 0 Å². The molecule has 0 radical (unpaired) electrons. The molecule has 0 aliphatic heterocycles. The van der Waals surface area contributed by atoms with Crippen molar-refractivity contribution in [2.45, 2.75) is 39.7 Å². The van der Waals surface area contributed by atoms with Gasteiger partial charge in [0.25, 0.3) is 0 Å². The van der Waals surface area contributed by atoms with E-state index in [4.69, 9.17) is 11.6 Å². The molecule has 1 aromatic heterocycles. The van der Waals surface area contributed by atoms with E-state index in [1.165, 1.54) is 12.2 Å². The molecule has 0 fully saturated rings. The number of hydrogen-bond donors (Lipinski definition) is 0. The minimum Gasteiger partial charge on any atom is -0.335 e. The molecule has 1 unspecified atom stereocenters. The molecule has 1 aromatic rings. The maximum atomic E-state index is 5.70. The number of alkyl halides is 1. The third-order valence-corrected chi connectivity index (χ3v) is 2.80. The predicted octanol–water partition coefficient (Wildman–Crippen LogP) is 3.10. The SMILES string of the molecule is CCc1nccn1CCC(C)CCCl. The van der Waals surface area contributed by atoms with Gasteiger partial charge in [0.15, 0.2) is 0 Å². The Hall–Kier alpha value is -0.500. The Morgan fingerprint density at radius 1 is 1.50 bits per heavy atom. The first-order chi connectivity index (χ1) is 6.77. The van der Waals surface area contributed by atoms with Gasteiger partial charge in [-0.3, -0.25) is 0 Å². The fraction of sp³-hybridized carbons (Fsp3) is 0.727. The Morgan fingerprint density at radius 3 is 2.93 bits per heavy atom. The Bertz CT molecular complexity index is 258. The lowest BCUT2D eigenvalue weighted by atomic mass is 10.1. The van der Waals surface area contributed by atoms with E-state index in [1.54, 1.807) is 0 Å². The molecular weight excluding hydrogens is 196 g/mol. The van der Waals surface area contributed by atoms with Gasteiger partial charge < -0.3 is 4.57 Å². The van der Waals surface area contributed by atoms with Gasteiger partial charge in [-0.15, -0.1) is 11.6 Å². The number of rotatable bonds is 6. The fourth-order valence-corrected chi connectivity index (χ4v) is 1.92. The van der Waals surface area contributed by atoms with E-state index in [0.717, 1.165) is 25.3 Å². The minimum absolute atomic E-state index is 0.708. The second-order valence-electron chi connectivity index (χ2n) is 3.76. The molecule has 0 N–H and O–H groups in total. The number of nitrogens with zero attached hydrogens (tertiary/aromatic N) is 2. The third kappa shape index (κ3) is 3.33. The fourth-order valence-electron chi connectivity index (χ4n) is 1.55. The first kappa shape index (κ1) is 11.6. The number of aromatic nitrogens is 2. The van der Waals surface area contributed by atoms with Crippen molar-refractivity contribution in [2.24, 2.45) is 5.92 Å². The van der Waals surface area contributed by atoms with Crippen LogP contribution in [0.5, 0.6) is 0 Å². The third-order valence-electron chi connectivity index (χ3n) is 2.58. The summed E-state index contributed by atoms with van der Waals surface area (Å²) < 4.78 is 2.24. The van der Waals surface area contributed by atoms with Crippen molar-refractivity contribution in [3.05, 3.63) is 18.2 Å². The molecule has 0 aliphatic rings. The highest BCUT2D eigenvalue weighted by molar-refractivity contribution is 6.17. The van der Waals surface area contributed by atoms with Crippen LogP contribution in [0, 0.1) is 5.92 Å². The van der Waals surface area contributed by atoms with Crippen molar-refractivity contribution >= 4 is 11.6 Å². The molecule has 14 heavy (non-hydrogen) atoms. The van der Waals surface area contributed by atoms with E-state index in [9.17, 15) is 0 Å². The number of halogens is 1. The van der Waals surface area contributed by atoms with Gasteiger partial charge in [-0.1, -0.05) is 13.8 Å². The van der Waals surface area contributed by atoms with Crippen LogP contribution in [-0.4, -0.2) is 15.4 Å². The number of hydrogen-bond acceptors (Lipinski definition) is 1. The molecule has 0 spiro atoms. The van der Waals surface area contributed by atoms with E-state index in [2.05, 4.69) is 29.6 Å². The van der Waals surface area contributed by atoms with Gasteiger partial charge >= 0.3 is 0 Å². The molecule has 1 heterocycles. The zero-order chi connectivity index (χ0) is 10.4. The summed E-state index contributed by atoms with van der Waals surface area (Å²) in [5.74, 6) is 2.66. The van der Waals surface area contributed by atoms with Crippen molar-refractivity contribution in [3.63, 3.8) is 0 Å². The van der Waals surface area contributed by atoms with Crippen molar-refractivity contribution in [2.75, 3.05) is 5.88 Å². The van der Waals surface area contributed by atoms with Crippen LogP contribution >= 0.6 is 11.6 Å². The molecule has 1 atom stereocenters. The minimum atomic E-state index is 0.708.